The third-order valence-corrected chi connectivity index (χ3v) is 6.21. The lowest BCUT2D eigenvalue weighted by Crippen LogP contribution is -2.51. The molecule has 9 nitrogen and oxygen atoms in total. The van der Waals surface area contributed by atoms with Gasteiger partial charge in [-0.1, -0.05) is 0 Å². The second kappa shape index (κ2) is 8.57. The quantitative estimate of drug-likeness (QED) is 0.729. The van der Waals surface area contributed by atoms with Gasteiger partial charge < -0.3 is 20.1 Å². The first-order valence-corrected chi connectivity index (χ1v) is 9.96. The molecular weight excluding hydrogens is 374 g/mol. The summed E-state index contributed by atoms with van der Waals surface area (Å²) < 4.78 is 32.5. The number of carboxylic acids is 1. The number of urea groups is 1. The number of aliphatic carboxylic acids is 1. The number of rotatable bonds is 6. The lowest BCUT2D eigenvalue weighted by Gasteiger charge is -2.33. The molecule has 27 heavy (non-hydrogen) atoms. The van der Waals surface area contributed by atoms with Crippen molar-refractivity contribution in [3.8, 4) is 5.75 Å². The molecule has 1 unspecified atom stereocenters. The van der Waals surface area contributed by atoms with E-state index in [4.69, 9.17) is 9.84 Å². The monoisotopic (exact) mass is 399 g/mol. The third kappa shape index (κ3) is 5.10. The van der Waals surface area contributed by atoms with E-state index in [9.17, 15) is 18.0 Å². The van der Waals surface area contributed by atoms with E-state index < -0.39 is 16.0 Å². The number of benzene rings is 1. The van der Waals surface area contributed by atoms with Crippen LogP contribution in [0.1, 0.15) is 18.4 Å². The minimum Gasteiger partial charge on any atom is -0.496 e. The van der Waals surface area contributed by atoms with Crippen molar-refractivity contribution in [2.24, 2.45) is 0 Å². The Morgan fingerprint density at radius 3 is 2.67 bits per heavy atom. The van der Waals surface area contributed by atoms with Crippen LogP contribution < -0.4 is 10.1 Å². The Bertz CT molecular complexity index is 809. The first-order valence-electron chi connectivity index (χ1n) is 8.52. The van der Waals surface area contributed by atoms with E-state index in [1.807, 2.05) is 0 Å². The molecular formula is C17H25N3O6S. The molecule has 1 aliphatic heterocycles. The van der Waals surface area contributed by atoms with E-state index in [0.29, 0.717) is 30.7 Å². The van der Waals surface area contributed by atoms with Crippen LogP contribution in [0.15, 0.2) is 23.1 Å². The molecule has 1 heterocycles. The Labute approximate surface area is 159 Å². The number of nitrogens with zero attached hydrogens (tertiary/aromatic N) is 2. The molecule has 2 N–H and O–H groups in total. The molecule has 2 amide bonds. The van der Waals surface area contributed by atoms with E-state index >= 15 is 0 Å². The number of carboxylic acid groups (broad SMARTS) is 1. The SMILES string of the molecule is COc1ccc(S(=O)(=O)N2CCCC(NC(=O)N(C)C)C2)cc1CC(=O)O. The molecule has 10 heteroatoms. The molecule has 0 aliphatic carbocycles. The predicted octanol–water partition coefficient (Wildman–Crippen LogP) is 0.747. The number of amides is 2. The minimum absolute atomic E-state index is 0.0131. The smallest absolute Gasteiger partial charge is 0.317 e. The van der Waals surface area contributed by atoms with Gasteiger partial charge >= 0.3 is 12.0 Å². The Morgan fingerprint density at radius 1 is 1.37 bits per heavy atom. The summed E-state index contributed by atoms with van der Waals surface area (Å²) in [5, 5.41) is 11.8. The Kier molecular flexibility index (Phi) is 6.66. The highest BCUT2D eigenvalue weighted by Gasteiger charge is 2.31. The van der Waals surface area contributed by atoms with Gasteiger partial charge in [-0.15, -0.1) is 0 Å². The molecule has 150 valence electrons. The van der Waals surface area contributed by atoms with Crippen molar-refractivity contribution in [3.63, 3.8) is 0 Å². The average molecular weight is 399 g/mol. The molecule has 0 radical (unpaired) electrons. The van der Waals surface area contributed by atoms with Gasteiger partial charge in [-0.2, -0.15) is 4.31 Å². The Balaban J connectivity index is 2.24. The lowest BCUT2D eigenvalue weighted by atomic mass is 10.1. The second-order valence-electron chi connectivity index (χ2n) is 6.59. The number of methoxy groups -OCH3 is 1. The normalized spacial score (nSPS) is 18.0. The van der Waals surface area contributed by atoms with E-state index in [-0.39, 0.29) is 29.9 Å². The zero-order valence-corrected chi connectivity index (χ0v) is 16.5. The standard InChI is InChI=1S/C17H25N3O6S/c1-19(2)17(23)18-13-5-4-8-20(11-13)27(24,25)14-6-7-15(26-3)12(9-14)10-16(21)22/h6-7,9,13H,4-5,8,10-11H2,1-3H3,(H,18,23)(H,21,22). The number of piperidine rings is 1. The van der Waals surface area contributed by atoms with Crippen molar-refractivity contribution >= 4 is 22.0 Å². The van der Waals surface area contributed by atoms with Crippen LogP contribution in [0.2, 0.25) is 0 Å². The summed E-state index contributed by atoms with van der Waals surface area (Å²) in [4.78, 5) is 24.3. The van der Waals surface area contributed by atoms with Crippen LogP contribution >= 0.6 is 0 Å². The minimum atomic E-state index is -3.81. The van der Waals surface area contributed by atoms with Gasteiger partial charge in [0, 0.05) is 38.8 Å². The van der Waals surface area contributed by atoms with Crippen LogP contribution in [0.3, 0.4) is 0 Å². The van der Waals surface area contributed by atoms with Crippen molar-refractivity contribution < 1.29 is 27.9 Å². The van der Waals surface area contributed by atoms with Gasteiger partial charge in [0.05, 0.1) is 18.4 Å². The number of sulfonamides is 1. The summed E-state index contributed by atoms with van der Waals surface area (Å²) >= 11 is 0. The number of hydrogen-bond donors (Lipinski definition) is 2. The van der Waals surface area contributed by atoms with Gasteiger partial charge in [-0.05, 0) is 31.0 Å². The molecule has 1 aromatic carbocycles. The molecule has 1 atom stereocenters. The fourth-order valence-corrected chi connectivity index (χ4v) is 4.52. The summed E-state index contributed by atoms with van der Waals surface area (Å²) in [7, 11) is 0.824. The molecule has 0 saturated carbocycles. The summed E-state index contributed by atoms with van der Waals surface area (Å²) in [6.07, 6.45) is 0.974. The largest absolute Gasteiger partial charge is 0.496 e. The molecule has 1 saturated heterocycles. The van der Waals surface area contributed by atoms with Crippen LogP contribution in [-0.2, 0) is 21.2 Å². The zero-order valence-electron chi connectivity index (χ0n) is 15.6. The van der Waals surface area contributed by atoms with Gasteiger partial charge in [0.2, 0.25) is 10.0 Å². The van der Waals surface area contributed by atoms with Gasteiger partial charge in [0.25, 0.3) is 0 Å². The van der Waals surface area contributed by atoms with Crippen LogP contribution in [0, 0.1) is 0 Å². The molecule has 2 rings (SSSR count). The van der Waals surface area contributed by atoms with Gasteiger partial charge in [0.1, 0.15) is 5.75 Å². The first kappa shape index (κ1) is 21.0. The number of carbonyl (C=O) groups is 2. The van der Waals surface area contributed by atoms with Crippen molar-refractivity contribution in [1.82, 2.24) is 14.5 Å². The zero-order chi connectivity index (χ0) is 20.2. The molecule has 1 aromatic rings. The maximum Gasteiger partial charge on any atom is 0.317 e. The van der Waals surface area contributed by atoms with Crippen LogP contribution in [0.5, 0.6) is 5.75 Å². The van der Waals surface area contributed by atoms with Crippen molar-refractivity contribution in [3.05, 3.63) is 23.8 Å². The predicted molar refractivity (Wildman–Crippen MR) is 98.3 cm³/mol. The topological polar surface area (TPSA) is 116 Å². The number of ether oxygens (including phenoxy) is 1. The third-order valence-electron chi connectivity index (χ3n) is 4.35. The Morgan fingerprint density at radius 2 is 2.07 bits per heavy atom. The number of carbonyl (C=O) groups excluding carboxylic acids is 1. The van der Waals surface area contributed by atoms with E-state index in [1.165, 1.54) is 34.5 Å². The van der Waals surface area contributed by atoms with E-state index in [2.05, 4.69) is 5.32 Å². The molecule has 1 fully saturated rings. The number of hydrogen-bond acceptors (Lipinski definition) is 5. The van der Waals surface area contributed by atoms with Crippen LogP contribution in [-0.4, -0.2) is 75.1 Å². The first-order chi connectivity index (χ1) is 12.6. The fraction of sp³-hybridized carbons (Fsp3) is 0.529. The fourth-order valence-electron chi connectivity index (χ4n) is 2.95. The highest BCUT2D eigenvalue weighted by atomic mass is 32.2. The summed E-state index contributed by atoms with van der Waals surface area (Å²) in [6, 6.07) is 3.65. The maximum atomic E-state index is 13.0. The summed E-state index contributed by atoms with van der Waals surface area (Å²) in [5.74, 6) is -0.751. The summed E-state index contributed by atoms with van der Waals surface area (Å²) in [6.45, 7) is 0.513. The van der Waals surface area contributed by atoms with Crippen molar-refractivity contribution in [1.29, 1.82) is 0 Å². The van der Waals surface area contributed by atoms with Crippen LogP contribution in [0.4, 0.5) is 4.79 Å². The highest BCUT2D eigenvalue weighted by Crippen LogP contribution is 2.26. The van der Waals surface area contributed by atoms with Crippen LogP contribution in [0.25, 0.3) is 0 Å². The highest BCUT2D eigenvalue weighted by molar-refractivity contribution is 7.89. The lowest BCUT2D eigenvalue weighted by molar-refractivity contribution is -0.136. The molecule has 1 aliphatic rings. The summed E-state index contributed by atoms with van der Waals surface area (Å²) in [5.41, 5.74) is 0.292. The average Bonchev–Trinajstić information content (AvgIpc) is 2.61. The van der Waals surface area contributed by atoms with Gasteiger partial charge in [-0.25, -0.2) is 13.2 Å². The van der Waals surface area contributed by atoms with Crippen molar-refractivity contribution in [2.45, 2.75) is 30.2 Å². The molecule has 0 aromatic heterocycles. The van der Waals surface area contributed by atoms with Gasteiger partial charge in [0.15, 0.2) is 0 Å². The number of nitrogens with one attached hydrogen (secondary N) is 1. The molecule has 0 bridgehead atoms. The maximum absolute atomic E-state index is 13.0. The van der Waals surface area contributed by atoms with Gasteiger partial charge in [-0.3, -0.25) is 4.79 Å². The second-order valence-corrected chi connectivity index (χ2v) is 8.53. The van der Waals surface area contributed by atoms with E-state index in [1.54, 1.807) is 14.1 Å². The van der Waals surface area contributed by atoms with E-state index in [0.717, 1.165) is 0 Å². The molecule has 0 spiro atoms. The Hall–Kier alpha value is -2.33. The van der Waals surface area contributed by atoms with Crippen molar-refractivity contribution in [2.75, 3.05) is 34.3 Å².